The van der Waals surface area contributed by atoms with Gasteiger partial charge in [-0.1, -0.05) is 32.1 Å². The van der Waals surface area contributed by atoms with Crippen LogP contribution in [-0.4, -0.2) is 60.5 Å². The van der Waals surface area contributed by atoms with Gasteiger partial charge in [0.15, 0.2) is 0 Å². The van der Waals surface area contributed by atoms with E-state index in [1.807, 2.05) is 19.0 Å². The van der Waals surface area contributed by atoms with Crippen LogP contribution in [-0.2, 0) is 9.59 Å². The molecule has 2 rings (SSSR count). The van der Waals surface area contributed by atoms with Crippen molar-refractivity contribution >= 4 is 11.9 Å². The molecule has 0 aromatic rings. The summed E-state index contributed by atoms with van der Waals surface area (Å²) in [6.07, 6.45) is 7.40. The fraction of sp³-hybridized carbons (Fsp3) is 0.875. The summed E-state index contributed by atoms with van der Waals surface area (Å²) in [5.41, 5.74) is 0. The fourth-order valence-corrected chi connectivity index (χ4v) is 3.57. The van der Waals surface area contributed by atoms with Crippen molar-refractivity contribution in [1.82, 2.24) is 9.80 Å². The maximum Gasteiger partial charge on any atom is 0.323 e. The van der Waals surface area contributed by atoms with Crippen molar-refractivity contribution in [2.45, 2.75) is 38.5 Å². The smallest absolute Gasteiger partial charge is 0.323 e. The van der Waals surface area contributed by atoms with Gasteiger partial charge in [-0.3, -0.25) is 9.59 Å². The molecule has 0 heterocycles. The predicted molar refractivity (Wildman–Crippen MR) is 80.9 cm³/mol. The van der Waals surface area contributed by atoms with Gasteiger partial charge in [-0.25, -0.2) is 0 Å². The van der Waals surface area contributed by atoms with Crippen LogP contribution in [0.3, 0.4) is 0 Å². The van der Waals surface area contributed by atoms with Crippen LogP contribution in [0.25, 0.3) is 0 Å². The summed E-state index contributed by atoms with van der Waals surface area (Å²) in [5.74, 6) is 0.461. The Morgan fingerprint density at radius 2 is 1.76 bits per heavy atom. The molecule has 0 unspecified atom stereocenters. The normalized spacial score (nSPS) is 25.9. The number of aliphatic carboxylic acids is 1. The molecule has 0 aliphatic heterocycles. The highest BCUT2D eigenvalue weighted by atomic mass is 16.4. The number of rotatable bonds is 7. The Morgan fingerprint density at radius 1 is 1.10 bits per heavy atom. The van der Waals surface area contributed by atoms with Crippen molar-refractivity contribution in [2.24, 2.45) is 17.8 Å². The Labute approximate surface area is 127 Å². The van der Waals surface area contributed by atoms with E-state index in [1.54, 1.807) is 0 Å². The van der Waals surface area contributed by atoms with Gasteiger partial charge in [0.1, 0.15) is 6.54 Å². The minimum absolute atomic E-state index is 0.0647. The van der Waals surface area contributed by atoms with Gasteiger partial charge in [-0.15, -0.1) is 0 Å². The van der Waals surface area contributed by atoms with Gasteiger partial charge in [0.2, 0.25) is 5.91 Å². The van der Waals surface area contributed by atoms with Crippen LogP contribution in [0.15, 0.2) is 0 Å². The molecule has 5 heteroatoms. The zero-order valence-corrected chi connectivity index (χ0v) is 13.3. The molecule has 0 saturated heterocycles. The van der Waals surface area contributed by atoms with Crippen molar-refractivity contribution in [3.05, 3.63) is 0 Å². The number of carbonyl (C=O) groups excluding carboxylic acids is 1. The van der Waals surface area contributed by atoms with E-state index in [1.165, 1.54) is 37.0 Å². The van der Waals surface area contributed by atoms with E-state index in [0.29, 0.717) is 24.9 Å². The molecular formula is C16H28N2O3. The fourth-order valence-electron chi connectivity index (χ4n) is 3.57. The second kappa shape index (κ2) is 7.25. The molecule has 2 aliphatic rings. The summed E-state index contributed by atoms with van der Waals surface area (Å²) in [6.45, 7) is 1.05. The zero-order chi connectivity index (χ0) is 15.4. The van der Waals surface area contributed by atoms with E-state index in [0.717, 1.165) is 6.42 Å². The molecule has 2 fully saturated rings. The van der Waals surface area contributed by atoms with Gasteiger partial charge in [0, 0.05) is 19.0 Å². The highest BCUT2D eigenvalue weighted by Crippen LogP contribution is 2.50. The first-order chi connectivity index (χ1) is 9.99. The van der Waals surface area contributed by atoms with Crippen LogP contribution in [0.1, 0.15) is 38.5 Å². The minimum Gasteiger partial charge on any atom is -0.480 e. The molecule has 0 spiro atoms. The Hall–Kier alpha value is -1.10. The standard InChI is InChI=1S/C16H28N2O3/c1-17(2)8-9-18(11-15(19)20)16(21)14-10-13(14)12-6-4-3-5-7-12/h12-14H,3-11H2,1-2H3,(H,19,20)/t13-,14+/m0/s1. The highest BCUT2D eigenvalue weighted by molar-refractivity contribution is 5.85. The molecule has 0 aromatic heterocycles. The molecule has 0 radical (unpaired) electrons. The van der Waals surface area contributed by atoms with Crippen LogP contribution >= 0.6 is 0 Å². The molecule has 120 valence electrons. The molecule has 0 aromatic carbocycles. The number of amides is 1. The molecule has 2 atom stereocenters. The predicted octanol–water partition coefficient (Wildman–Crippen LogP) is 1.68. The molecule has 0 bridgehead atoms. The maximum atomic E-state index is 12.6. The van der Waals surface area contributed by atoms with E-state index in [9.17, 15) is 9.59 Å². The number of carboxylic acids is 1. The maximum absolute atomic E-state index is 12.6. The monoisotopic (exact) mass is 296 g/mol. The quantitative estimate of drug-likeness (QED) is 0.776. The van der Waals surface area contributed by atoms with Crippen molar-refractivity contribution in [3.8, 4) is 0 Å². The summed E-state index contributed by atoms with van der Waals surface area (Å²) >= 11 is 0. The van der Waals surface area contributed by atoms with Crippen molar-refractivity contribution in [1.29, 1.82) is 0 Å². The SMILES string of the molecule is CN(C)CCN(CC(=O)O)C(=O)[C@@H]1C[C@H]1C1CCCCC1. The van der Waals surface area contributed by atoms with E-state index >= 15 is 0 Å². The van der Waals surface area contributed by atoms with E-state index in [2.05, 4.69) is 0 Å². The first kappa shape index (κ1) is 16.3. The van der Waals surface area contributed by atoms with Gasteiger partial charge in [0.05, 0.1) is 0 Å². The van der Waals surface area contributed by atoms with E-state index in [-0.39, 0.29) is 18.4 Å². The minimum atomic E-state index is -0.919. The summed E-state index contributed by atoms with van der Waals surface area (Å²) in [6, 6.07) is 0. The van der Waals surface area contributed by atoms with Gasteiger partial charge >= 0.3 is 5.97 Å². The lowest BCUT2D eigenvalue weighted by Gasteiger charge is -2.25. The molecule has 1 amide bonds. The summed E-state index contributed by atoms with van der Waals surface area (Å²) in [4.78, 5) is 27.0. The number of hydrogen-bond acceptors (Lipinski definition) is 3. The van der Waals surface area contributed by atoms with Gasteiger partial charge < -0.3 is 14.9 Å². The van der Waals surface area contributed by atoms with Gasteiger partial charge in [-0.05, 0) is 32.4 Å². The molecule has 2 saturated carbocycles. The third-order valence-electron chi connectivity index (χ3n) is 4.87. The van der Waals surface area contributed by atoms with Crippen LogP contribution in [0, 0.1) is 17.8 Å². The molecular weight excluding hydrogens is 268 g/mol. The summed E-state index contributed by atoms with van der Waals surface area (Å²) in [5, 5.41) is 9.01. The Bertz CT molecular complexity index is 378. The van der Waals surface area contributed by atoms with Gasteiger partial charge in [-0.2, -0.15) is 0 Å². The Morgan fingerprint density at radius 3 is 2.33 bits per heavy atom. The van der Waals surface area contributed by atoms with Gasteiger partial charge in [0.25, 0.3) is 0 Å². The summed E-state index contributed by atoms with van der Waals surface area (Å²) in [7, 11) is 3.87. The largest absolute Gasteiger partial charge is 0.480 e. The average Bonchev–Trinajstić information content (AvgIpc) is 3.23. The topological polar surface area (TPSA) is 60.9 Å². The van der Waals surface area contributed by atoms with Crippen LogP contribution < -0.4 is 0 Å². The van der Waals surface area contributed by atoms with E-state index in [4.69, 9.17) is 5.11 Å². The van der Waals surface area contributed by atoms with Crippen molar-refractivity contribution in [3.63, 3.8) is 0 Å². The number of carbonyl (C=O) groups is 2. The first-order valence-electron chi connectivity index (χ1n) is 8.14. The van der Waals surface area contributed by atoms with Crippen molar-refractivity contribution < 1.29 is 14.7 Å². The molecule has 2 aliphatic carbocycles. The number of likely N-dealkylation sites (N-methyl/N-ethyl adjacent to an activating group) is 1. The lowest BCUT2D eigenvalue weighted by Crippen LogP contribution is -2.41. The molecule has 21 heavy (non-hydrogen) atoms. The third-order valence-corrected chi connectivity index (χ3v) is 4.87. The Balaban J connectivity index is 1.87. The molecule has 5 nitrogen and oxygen atoms in total. The second-order valence-corrected chi connectivity index (χ2v) is 6.86. The van der Waals surface area contributed by atoms with E-state index < -0.39 is 5.97 Å². The Kier molecular flexibility index (Phi) is 5.62. The second-order valence-electron chi connectivity index (χ2n) is 6.86. The number of nitrogens with zero attached hydrogens (tertiary/aromatic N) is 2. The average molecular weight is 296 g/mol. The zero-order valence-electron chi connectivity index (χ0n) is 13.3. The lowest BCUT2D eigenvalue weighted by molar-refractivity contribution is -0.145. The number of carboxylic acid groups (broad SMARTS) is 1. The molecule has 1 N–H and O–H groups in total. The lowest BCUT2D eigenvalue weighted by atomic mass is 9.85. The summed E-state index contributed by atoms with van der Waals surface area (Å²) < 4.78 is 0. The highest BCUT2D eigenvalue weighted by Gasteiger charge is 2.48. The third kappa shape index (κ3) is 4.70. The number of hydrogen-bond donors (Lipinski definition) is 1. The van der Waals surface area contributed by atoms with Crippen LogP contribution in [0.2, 0.25) is 0 Å². The van der Waals surface area contributed by atoms with Crippen molar-refractivity contribution in [2.75, 3.05) is 33.7 Å². The van der Waals surface area contributed by atoms with Crippen LogP contribution in [0.5, 0.6) is 0 Å². The first-order valence-corrected chi connectivity index (χ1v) is 8.14. The van der Waals surface area contributed by atoms with Crippen LogP contribution in [0.4, 0.5) is 0 Å².